The summed E-state index contributed by atoms with van der Waals surface area (Å²) < 4.78 is 11.9. The van der Waals surface area contributed by atoms with Gasteiger partial charge in [0, 0.05) is 28.7 Å². The second-order valence-electron chi connectivity index (χ2n) is 8.79. The van der Waals surface area contributed by atoms with Crippen molar-refractivity contribution in [3.63, 3.8) is 0 Å². The molecule has 0 spiro atoms. The Hall–Kier alpha value is -3.24. The SMILES string of the molecule is COc1cc(C(C)C)ccc1C1NCCc2c1[nH]c1ccc(OCc3ccccc3)cc21. The number of nitrogens with one attached hydrogen (secondary N) is 2. The predicted molar refractivity (Wildman–Crippen MR) is 130 cm³/mol. The molecule has 1 aliphatic rings. The van der Waals surface area contributed by atoms with E-state index >= 15 is 0 Å². The zero-order valence-electron chi connectivity index (χ0n) is 18.9. The van der Waals surface area contributed by atoms with Crippen LogP contribution in [-0.2, 0) is 13.0 Å². The van der Waals surface area contributed by atoms with Gasteiger partial charge in [-0.25, -0.2) is 0 Å². The molecule has 0 saturated heterocycles. The molecule has 0 saturated carbocycles. The van der Waals surface area contributed by atoms with Crippen molar-refractivity contribution in [1.29, 1.82) is 0 Å². The van der Waals surface area contributed by atoms with Crippen molar-refractivity contribution in [2.24, 2.45) is 0 Å². The quantitative estimate of drug-likeness (QED) is 0.391. The first-order valence-electron chi connectivity index (χ1n) is 11.4. The van der Waals surface area contributed by atoms with Gasteiger partial charge in [0.2, 0.25) is 0 Å². The van der Waals surface area contributed by atoms with Crippen LogP contribution in [-0.4, -0.2) is 18.6 Å². The topological polar surface area (TPSA) is 46.3 Å². The van der Waals surface area contributed by atoms with E-state index in [-0.39, 0.29) is 6.04 Å². The molecule has 0 aliphatic carbocycles. The number of hydrogen-bond donors (Lipinski definition) is 2. The van der Waals surface area contributed by atoms with Gasteiger partial charge in [-0.05, 0) is 53.3 Å². The van der Waals surface area contributed by atoms with Crippen LogP contribution in [0, 0.1) is 0 Å². The molecule has 1 unspecified atom stereocenters. The van der Waals surface area contributed by atoms with E-state index in [0.29, 0.717) is 12.5 Å². The smallest absolute Gasteiger partial charge is 0.124 e. The first-order valence-corrected chi connectivity index (χ1v) is 11.4. The Morgan fingerprint density at radius 2 is 1.84 bits per heavy atom. The highest BCUT2D eigenvalue weighted by Crippen LogP contribution is 2.38. The maximum Gasteiger partial charge on any atom is 0.124 e. The van der Waals surface area contributed by atoms with Crippen LogP contribution in [0.4, 0.5) is 0 Å². The van der Waals surface area contributed by atoms with Crippen molar-refractivity contribution >= 4 is 10.9 Å². The number of benzene rings is 3. The second-order valence-corrected chi connectivity index (χ2v) is 8.79. The standard InChI is InChI=1S/C28H30N2O2/c1-18(2)20-9-11-23(26(15-20)31-3)27-28-22(13-14-29-27)24-16-21(10-12-25(24)30-28)32-17-19-7-5-4-6-8-19/h4-12,15-16,18,27,29-30H,13-14,17H2,1-3H3. The molecule has 4 heteroatoms. The number of hydrogen-bond acceptors (Lipinski definition) is 3. The molecule has 2 N–H and O–H groups in total. The van der Waals surface area contributed by atoms with Crippen LogP contribution in [0.3, 0.4) is 0 Å². The molecule has 4 nitrogen and oxygen atoms in total. The average Bonchev–Trinajstić information content (AvgIpc) is 3.21. The highest BCUT2D eigenvalue weighted by molar-refractivity contribution is 5.86. The molecule has 4 aromatic rings. The monoisotopic (exact) mass is 426 g/mol. The minimum Gasteiger partial charge on any atom is -0.496 e. The van der Waals surface area contributed by atoms with Crippen molar-refractivity contribution in [2.45, 2.75) is 38.8 Å². The molecule has 1 aromatic heterocycles. The van der Waals surface area contributed by atoms with Crippen LogP contribution in [0.25, 0.3) is 10.9 Å². The van der Waals surface area contributed by atoms with Gasteiger partial charge in [0.15, 0.2) is 0 Å². The molecule has 2 heterocycles. The van der Waals surface area contributed by atoms with E-state index in [2.05, 4.69) is 66.6 Å². The lowest BCUT2D eigenvalue weighted by molar-refractivity contribution is 0.306. The third kappa shape index (κ3) is 3.87. The molecule has 5 rings (SSSR count). The van der Waals surface area contributed by atoms with Crippen molar-refractivity contribution < 1.29 is 9.47 Å². The minimum atomic E-state index is 0.0796. The summed E-state index contributed by atoms with van der Waals surface area (Å²) in [5.74, 6) is 2.31. The molecular weight excluding hydrogens is 396 g/mol. The first-order chi connectivity index (χ1) is 15.6. The third-order valence-electron chi connectivity index (χ3n) is 6.41. The molecule has 1 aliphatic heterocycles. The largest absolute Gasteiger partial charge is 0.496 e. The van der Waals surface area contributed by atoms with Crippen LogP contribution in [0.15, 0.2) is 66.7 Å². The molecule has 0 radical (unpaired) electrons. The van der Waals surface area contributed by atoms with Gasteiger partial charge in [0.05, 0.1) is 13.2 Å². The van der Waals surface area contributed by atoms with Gasteiger partial charge in [-0.3, -0.25) is 0 Å². The van der Waals surface area contributed by atoms with Gasteiger partial charge in [0.25, 0.3) is 0 Å². The Morgan fingerprint density at radius 3 is 2.62 bits per heavy atom. The summed E-state index contributed by atoms with van der Waals surface area (Å²) in [5.41, 5.74) is 7.37. The van der Waals surface area contributed by atoms with Crippen LogP contribution in [0.2, 0.25) is 0 Å². The number of H-pyrrole nitrogens is 1. The number of fused-ring (bicyclic) bond motifs is 3. The Morgan fingerprint density at radius 1 is 1.00 bits per heavy atom. The van der Waals surface area contributed by atoms with E-state index in [1.54, 1.807) is 7.11 Å². The van der Waals surface area contributed by atoms with E-state index in [9.17, 15) is 0 Å². The van der Waals surface area contributed by atoms with E-state index in [1.165, 1.54) is 33.3 Å². The molecule has 3 aromatic carbocycles. The Balaban J connectivity index is 1.48. The summed E-state index contributed by atoms with van der Waals surface area (Å²) in [6.07, 6.45) is 0.986. The summed E-state index contributed by atoms with van der Waals surface area (Å²) >= 11 is 0. The molecule has 164 valence electrons. The van der Waals surface area contributed by atoms with Gasteiger partial charge in [-0.2, -0.15) is 0 Å². The van der Waals surface area contributed by atoms with Crippen molar-refractivity contribution in [2.75, 3.05) is 13.7 Å². The zero-order valence-corrected chi connectivity index (χ0v) is 18.9. The maximum atomic E-state index is 6.09. The summed E-state index contributed by atoms with van der Waals surface area (Å²) in [4.78, 5) is 3.68. The van der Waals surface area contributed by atoms with E-state index in [0.717, 1.165) is 30.0 Å². The lowest BCUT2D eigenvalue weighted by atomic mass is 9.92. The molecule has 0 bridgehead atoms. The molecular formula is C28H30N2O2. The third-order valence-corrected chi connectivity index (χ3v) is 6.41. The number of ether oxygens (including phenoxy) is 2. The summed E-state index contributed by atoms with van der Waals surface area (Å²) in [5, 5.41) is 4.94. The van der Waals surface area contributed by atoms with Crippen molar-refractivity contribution in [3.05, 3.63) is 94.7 Å². The van der Waals surface area contributed by atoms with Crippen LogP contribution in [0.5, 0.6) is 11.5 Å². The Kier molecular flexibility index (Phi) is 5.62. The Bertz CT molecular complexity index is 1230. The maximum absolute atomic E-state index is 6.09. The van der Waals surface area contributed by atoms with Gasteiger partial charge in [-0.15, -0.1) is 0 Å². The minimum absolute atomic E-state index is 0.0796. The average molecular weight is 427 g/mol. The fourth-order valence-electron chi connectivity index (χ4n) is 4.63. The van der Waals surface area contributed by atoms with E-state index in [4.69, 9.17) is 9.47 Å². The molecule has 1 atom stereocenters. The Labute approximate surface area is 189 Å². The highest BCUT2D eigenvalue weighted by Gasteiger charge is 2.27. The number of aromatic amines is 1. The lowest BCUT2D eigenvalue weighted by Gasteiger charge is -2.26. The van der Waals surface area contributed by atoms with E-state index in [1.807, 2.05) is 24.3 Å². The van der Waals surface area contributed by atoms with Crippen molar-refractivity contribution in [1.82, 2.24) is 10.3 Å². The van der Waals surface area contributed by atoms with Gasteiger partial charge in [0.1, 0.15) is 18.1 Å². The van der Waals surface area contributed by atoms with Crippen LogP contribution < -0.4 is 14.8 Å². The van der Waals surface area contributed by atoms with Crippen molar-refractivity contribution in [3.8, 4) is 11.5 Å². The first kappa shape index (κ1) is 20.7. The number of aromatic nitrogens is 1. The summed E-state index contributed by atoms with van der Waals surface area (Å²) in [7, 11) is 1.76. The molecule has 0 amide bonds. The fourth-order valence-corrected chi connectivity index (χ4v) is 4.63. The van der Waals surface area contributed by atoms with Gasteiger partial charge >= 0.3 is 0 Å². The normalized spacial score (nSPS) is 15.7. The molecule has 0 fully saturated rings. The predicted octanol–water partition coefficient (Wildman–Crippen LogP) is 6.11. The zero-order chi connectivity index (χ0) is 22.1. The lowest BCUT2D eigenvalue weighted by Crippen LogP contribution is -2.30. The summed E-state index contributed by atoms with van der Waals surface area (Å²) in [6, 6.07) is 23.3. The van der Waals surface area contributed by atoms with Gasteiger partial charge in [-0.1, -0.05) is 56.3 Å². The highest BCUT2D eigenvalue weighted by atomic mass is 16.5. The fraction of sp³-hybridized carbons (Fsp3) is 0.286. The molecule has 32 heavy (non-hydrogen) atoms. The van der Waals surface area contributed by atoms with E-state index < -0.39 is 0 Å². The van der Waals surface area contributed by atoms with Crippen LogP contribution in [0.1, 0.15) is 53.8 Å². The number of methoxy groups -OCH3 is 1. The number of rotatable bonds is 6. The second kappa shape index (κ2) is 8.71. The van der Waals surface area contributed by atoms with Crippen LogP contribution >= 0.6 is 0 Å². The van der Waals surface area contributed by atoms with Gasteiger partial charge < -0.3 is 19.8 Å². The summed E-state index contributed by atoms with van der Waals surface area (Å²) in [6.45, 7) is 5.92.